The molecule has 0 radical (unpaired) electrons. The van der Waals surface area contributed by atoms with Crippen molar-refractivity contribution in [3.63, 3.8) is 0 Å². The summed E-state index contributed by atoms with van der Waals surface area (Å²) < 4.78 is 0. The number of aromatic hydroxyl groups is 1. The van der Waals surface area contributed by atoms with Gasteiger partial charge < -0.3 is 10.0 Å². The Balaban J connectivity index is 1.90. The van der Waals surface area contributed by atoms with E-state index in [1.807, 2.05) is 4.90 Å². The summed E-state index contributed by atoms with van der Waals surface area (Å²) in [5.74, 6) is 0.257. The standard InChI is InChI=1S/C16H24N2O2/c1-3-4-13(2)17-9-11-18(12-10-17)16(20)14-5-7-15(19)8-6-14/h5-8,13,19H,3-4,9-12H2,1-2H3. The Morgan fingerprint density at radius 1 is 1.20 bits per heavy atom. The Bertz CT molecular complexity index is 436. The molecule has 4 nitrogen and oxygen atoms in total. The maximum absolute atomic E-state index is 12.3. The molecule has 110 valence electrons. The van der Waals surface area contributed by atoms with E-state index >= 15 is 0 Å². The number of benzene rings is 1. The first-order valence-electron chi connectivity index (χ1n) is 7.44. The van der Waals surface area contributed by atoms with Crippen molar-refractivity contribution in [3.05, 3.63) is 29.8 Å². The molecular weight excluding hydrogens is 252 g/mol. The molecule has 1 aromatic rings. The molecule has 1 atom stereocenters. The third kappa shape index (κ3) is 3.51. The normalized spacial score (nSPS) is 18.0. The average Bonchev–Trinajstić information content (AvgIpc) is 2.48. The smallest absolute Gasteiger partial charge is 0.253 e. The summed E-state index contributed by atoms with van der Waals surface area (Å²) in [6, 6.07) is 7.10. The fourth-order valence-corrected chi connectivity index (χ4v) is 2.75. The molecule has 1 N–H and O–H groups in total. The van der Waals surface area contributed by atoms with E-state index in [-0.39, 0.29) is 11.7 Å². The number of carbonyl (C=O) groups excluding carboxylic acids is 1. The number of nitrogens with zero attached hydrogens (tertiary/aromatic N) is 2. The molecule has 0 spiro atoms. The fourth-order valence-electron chi connectivity index (χ4n) is 2.75. The number of phenolic OH excluding ortho intramolecular Hbond substituents is 1. The minimum Gasteiger partial charge on any atom is -0.508 e. The highest BCUT2D eigenvalue weighted by molar-refractivity contribution is 5.94. The predicted octanol–water partition coefficient (Wildman–Crippen LogP) is 2.34. The summed E-state index contributed by atoms with van der Waals surface area (Å²) in [4.78, 5) is 16.7. The van der Waals surface area contributed by atoms with Crippen LogP contribution in [0.1, 0.15) is 37.0 Å². The van der Waals surface area contributed by atoms with Crippen LogP contribution in [0, 0.1) is 0 Å². The van der Waals surface area contributed by atoms with Crippen LogP contribution in [0.3, 0.4) is 0 Å². The molecule has 1 unspecified atom stereocenters. The summed E-state index contributed by atoms with van der Waals surface area (Å²) in [6.45, 7) is 7.94. The van der Waals surface area contributed by atoms with Crippen molar-refractivity contribution in [1.82, 2.24) is 9.80 Å². The zero-order valence-electron chi connectivity index (χ0n) is 12.4. The first kappa shape index (κ1) is 14.9. The van der Waals surface area contributed by atoms with E-state index in [2.05, 4.69) is 18.7 Å². The van der Waals surface area contributed by atoms with Gasteiger partial charge in [-0.05, 0) is 37.6 Å². The summed E-state index contributed by atoms with van der Waals surface area (Å²) in [6.07, 6.45) is 2.42. The van der Waals surface area contributed by atoms with Gasteiger partial charge >= 0.3 is 0 Å². The summed E-state index contributed by atoms with van der Waals surface area (Å²) in [5, 5.41) is 9.26. The lowest BCUT2D eigenvalue weighted by molar-refractivity contribution is 0.0575. The molecule has 2 rings (SSSR count). The second-order valence-electron chi connectivity index (χ2n) is 5.51. The molecule has 1 heterocycles. The molecule has 0 aliphatic carbocycles. The Hall–Kier alpha value is -1.55. The lowest BCUT2D eigenvalue weighted by atomic mass is 10.1. The number of piperazine rings is 1. The number of hydrogen-bond donors (Lipinski definition) is 1. The largest absolute Gasteiger partial charge is 0.508 e. The molecule has 4 heteroatoms. The molecule has 1 saturated heterocycles. The van der Waals surface area contributed by atoms with Crippen molar-refractivity contribution >= 4 is 5.91 Å². The Morgan fingerprint density at radius 2 is 1.80 bits per heavy atom. The molecule has 1 aromatic carbocycles. The molecule has 1 fully saturated rings. The quantitative estimate of drug-likeness (QED) is 0.918. The Labute approximate surface area is 121 Å². The molecule has 0 bridgehead atoms. The highest BCUT2D eigenvalue weighted by atomic mass is 16.3. The lowest BCUT2D eigenvalue weighted by Gasteiger charge is -2.38. The van der Waals surface area contributed by atoms with Gasteiger partial charge in [-0.2, -0.15) is 0 Å². The summed E-state index contributed by atoms with van der Waals surface area (Å²) in [7, 11) is 0. The Kier molecular flexibility index (Phi) is 5.01. The van der Waals surface area contributed by atoms with E-state index in [0.717, 1.165) is 26.2 Å². The van der Waals surface area contributed by atoms with Crippen LogP contribution in [0.15, 0.2) is 24.3 Å². The van der Waals surface area contributed by atoms with E-state index in [0.29, 0.717) is 11.6 Å². The second-order valence-corrected chi connectivity index (χ2v) is 5.51. The van der Waals surface area contributed by atoms with Crippen LogP contribution in [-0.4, -0.2) is 53.0 Å². The fraction of sp³-hybridized carbons (Fsp3) is 0.562. The van der Waals surface area contributed by atoms with E-state index < -0.39 is 0 Å². The van der Waals surface area contributed by atoms with Gasteiger partial charge in [-0.3, -0.25) is 9.69 Å². The second kappa shape index (κ2) is 6.75. The van der Waals surface area contributed by atoms with Crippen LogP contribution in [0.25, 0.3) is 0 Å². The van der Waals surface area contributed by atoms with Gasteiger partial charge in [-0.15, -0.1) is 0 Å². The van der Waals surface area contributed by atoms with Gasteiger partial charge in [0.2, 0.25) is 0 Å². The van der Waals surface area contributed by atoms with Crippen molar-refractivity contribution < 1.29 is 9.90 Å². The minimum absolute atomic E-state index is 0.0628. The maximum atomic E-state index is 12.3. The molecule has 1 aliphatic heterocycles. The maximum Gasteiger partial charge on any atom is 0.253 e. The number of rotatable bonds is 4. The number of phenols is 1. The van der Waals surface area contributed by atoms with Crippen LogP contribution in [0.5, 0.6) is 5.75 Å². The number of hydrogen-bond acceptors (Lipinski definition) is 3. The Morgan fingerprint density at radius 3 is 2.35 bits per heavy atom. The highest BCUT2D eigenvalue weighted by Gasteiger charge is 2.24. The first-order chi connectivity index (χ1) is 9.61. The summed E-state index contributed by atoms with van der Waals surface area (Å²) >= 11 is 0. The van der Waals surface area contributed by atoms with Gasteiger partial charge in [-0.1, -0.05) is 13.3 Å². The van der Waals surface area contributed by atoms with Gasteiger partial charge in [0.15, 0.2) is 0 Å². The van der Waals surface area contributed by atoms with Crippen molar-refractivity contribution in [1.29, 1.82) is 0 Å². The van der Waals surface area contributed by atoms with E-state index in [4.69, 9.17) is 0 Å². The van der Waals surface area contributed by atoms with Crippen LogP contribution >= 0.6 is 0 Å². The zero-order valence-corrected chi connectivity index (χ0v) is 12.4. The SMILES string of the molecule is CCCC(C)N1CCN(C(=O)c2ccc(O)cc2)CC1. The van der Waals surface area contributed by atoms with Crippen LogP contribution < -0.4 is 0 Å². The van der Waals surface area contributed by atoms with E-state index in [1.165, 1.54) is 12.8 Å². The van der Waals surface area contributed by atoms with Gasteiger partial charge in [0.1, 0.15) is 5.75 Å². The predicted molar refractivity (Wildman–Crippen MR) is 80.0 cm³/mol. The van der Waals surface area contributed by atoms with Gasteiger partial charge in [0.05, 0.1) is 0 Å². The third-order valence-electron chi connectivity index (χ3n) is 4.05. The molecule has 20 heavy (non-hydrogen) atoms. The topological polar surface area (TPSA) is 43.8 Å². The number of amides is 1. The van der Waals surface area contributed by atoms with E-state index in [1.54, 1.807) is 24.3 Å². The van der Waals surface area contributed by atoms with E-state index in [9.17, 15) is 9.90 Å². The van der Waals surface area contributed by atoms with Crippen LogP contribution in [-0.2, 0) is 0 Å². The van der Waals surface area contributed by atoms with Gasteiger partial charge in [0, 0.05) is 37.8 Å². The molecule has 1 aliphatic rings. The average molecular weight is 276 g/mol. The van der Waals surface area contributed by atoms with Crippen molar-refractivity contribution in [2.45, 2.75) is 32.7 Å². The van der Waals surface area contributed by atoms with Crippen molar-refractivity contribution in [2.24, 2.45) is 0 Å². The van der Waals surface area contributed by atoms with Gasteiger partial charge in [-0.25, -0.2) is 0 Å². The van der Waals surface area contributed by atoms with Crippen LogP contribution in [0.4, 0.5) is 0 Å². The van der Waals surface area contributed by atoms with Crippen molar-refractivity contribution in [3.8, 4) is 5.75 Å². The highest BCUT2D eigenvalue weighted by Crippen LogP contribution is 2.15. The molecule has 1 amide bonds. The monoisotopic (exact) mass is 276 g/mol. The van der Waals surface area contributed by atoms with Crippen molar-refractivity contribution in [2.75, 3.05) is 26.2 Å². The molecule has 0 aromatic heterocycles. The number of carbonyl (C=O) groups is 1. The summed E-state index contributed by atoms with van der Waals surface area (Å²) in [5.41, 5.74) is 0.651. The molecular formula is C16H24N2O2. The van der Waals surface area contributed by atoms with Crippen LogP contribution in [0.2, 0.25) is 0 Å². The zero-order chi connectivity index (χ0) is 14.5. The minimum atomic E-state index is 0.0628. The molecule has 0 saturated carbocycles. The first-order valence-corrected chi connectivity index (χ1v) is 7.44. The third-order valence-corrected chi connectivity index (χ3v) is 4.05. The van der Waals surface area contributed by atoms with Gasteiger partial charge in [0.25, 0.3) is 5.91 Å². The lowest BCUT2D eigenvalue weighted by Crippen LogP contribution is -2.51.